The van der Waals surface area contributed by atoms with E-state index in [2.05, 4.69) is 43.2 Å². The van der Waals surface area contributed by atoms with Gasteiger partial charge in [0.1, 0.15) is 0 Å². The SMILES string of the molecule is CCNC(Cc1nc(CCCOC)no1)C(C)(C)C. The number of likely N-dealkylation sites (N-methyl/N-ethyl adjacent to an activating group) is 1. The van der Waals surface area contributed by atoms with Crippen molar-refractivity contribution >= 4 is 0 Å². The molecule has 1 unspecified atom stereocenters. The molecule has 0 saturated carbocycles. The number of hydrogen-bond donors (Lipinski definition) is 1. The van der Waals surface area contributed by atoms with Crippen molar-refractivity contribution in [3.63, 3.8) is 0 Å². The first-order valence-electron chi connectivity index (χ1n) is 7.01. The Morgan fingerprint density at radius 3 is 2.68 bits per heavy atom. The third-order valence-electron chi connectivity index (χ3n) is 3.13. The van der Waals surface area contributed by atoms with Crippen LogP contribution in [0.4, 0.5) is 0 Å². The van der Waals surface area contributed by atoms with Crippen LogP contribution in [0.1, 0.15) is 45.8 Å². The maximum absolute atomic E-state index is 5.33. The molecule has 5 nitrogen and oxygen atoms in total. The molecule has 0 aliphatic heterocycles. The Hall–Kier alpha value is -0.940. The van der Waals surface area contributed by atoms with Gasteiger partial charge in [-0.3, -0.25) is 0 Å². The van der Waals surface area contributed by atoms with E-state index in [4.69, 9.17) is 9.26 Å². The minimum atomic E-state index is 0.167. The van der Waals surface area contributed by atoms with Crippen LogP contribution in [0, 0.1) is 5.41 Å². The van der Waals surface area contributed by atoms with Crippen molar-refractivity contribution in [3.05, 3.63) is 11.7 Å². The number of hydrogen-bond acceptors (Lipinski definition) is 5. The molecule has 1 N–H and O–H groups in total. The first kappa shape index (κ1) is 16.1. The number of aromatic nitrogens is 2. The van der Waals surface area contributed by atoms with Crippen LogP contribution >= 0.6 is 0 Å². The predicted octanol–water partition coefficient (Wildman–Crippen LogP) is 2.22. The highest BCUT2D eigenvalue weighted by molar-refractivity contribution is 4.93. The molecule has 1 atom stereocenters. The minimum absolute atomic E-state index is 0.167. The summed E-state index contributed by atoms with van der Waals surface area (Å²) in [6, 6.07) is 0.338. The molecule has 1 rings (SSSR count). The Morgan fingerprint density at radius 1 is 1.37 bits per heavy atom. The van der Waals surface area contributed by atoms with E-state index in [0.29, 0.717) is 11.9 Å². The lowest BCUT2D eigenvalue weighted by Crippen LogP contribution is -2.41. The Kier molecular flexibility index (Phi) is 6.45. The summed E-state index contributed by atoms with van der Waals surface area (Å²) in [6.07, 6.45) is 2.50. The molecular formula is C14H27N3O2. The lowest BCUT2D eigenvalue weighted by molar-refractivity contribution is 0.194. The summed E-state index contributed by atoms with van der Waals surface area (Å²) in [7, 11) is 1.70. The van der Waals surface area contributed by atoms with Crippen LogP contribution in [0.5, 0.6) is 0 Å². The van der Waals surface area contributed by atoms with E-state index in [1.165, 1.54) is 0 Å². The zero-order chi connectivity index (χ0) is 14.3. The molecule has 0 bridgehead atoms. The van der Waals surface area contributed by atoms with Gasteiger partial charge in [0, 0.05) is 32.6 Å². The number of ether oxygens (including phenoxy) is 1. The van der Waals surface area contributed by atoms with Crippen LogP contribution in [0.2, 0.25) is 0 Å². The summed E-state index contributed by atoms with van der Waals surface area (Å²) in [5, 5.41) is 7.50. The number of rotatable bonds is 8. The van der Waals surface area contributed by atoms with Crippen molar-refractivity contribution in [1.29, 1.82) is 0 Å². The Morgan fingerprint density at radius 2 is 2.11 bits per heavy atom. The molecule has 19 heavy (non-hydrogen) atoms. The fourth-order valence-electron chi connectivity index (χ4n) is 1.95. The molecule has 110 valence electrons. The molecule has 5 heteroatoms. The Bertz CT molecular complexity index is 358. The predicted molar refractivity (Wildman–Crippen MR) is 75.1 cm³/mol. The second kappa shape index (κ2) is 7.60. The number of methoxy groups -OCH3 is 1. The maximum Gasteiger partial charge on any atom is 0.228 e. The standard InChI is InChI=1S/C14H27N3O2/c1-6-15-11(14(2,3)4)10-13-16-12(17-19-13)8-7-9-18-5/h11,15H,6-10H2,1-5H3. The summed E-state index contributed by atoms with van der Waals surface area (Å²) in [5.74, 6) is 1.49. The maximum atomic E-state index is 5.33. The molecule has 0 aliphatic carbocycles. The lowest BCUT2D eigenvalue weighted by atomic mass is 9.84. The van der Waals surface area contributed by atoms with Crippen LogP contribution < -0.4 is 5.32 Å². The molecule has 0 amide bonds. The highest BCUT2D eigenvalue weighted by Gasteiger charge is 2.26. The zero-order valence-corrected chi connectivity index (χ0v) is 12.8. The molecule has 0 fully saturated rings. The van der Waals surface area contributed by atoms with E-state index in [-0.39, 0.29) is 5.41 Å². The lowest BCUT2D eigenvalue weighted by Gasteiger charge is -2.30. The summed E-state index contributed by atoms with van der Waals surface area (Å²) in [5.41, 5.74) is 0.167. The summed E-state index contributed by atoms with van der Waals surface area (Å²) in [4.78, 5) is 4.44. The fourth-order valence-corrected chi connectivity index (χ4v) is 1.95. The molecule has 0 aliphatic rings. The zero-order valence-electron chi connectivity index (χ0n) is 12.8. The molecule has 1 aromatic heterocycles. The Balaban J connectivity index is 2.55. The van der Waals surface area contributed by atoms with Gasteiger partial charge in [0.2, 0.25) is 5.89 Å². The number of aryl methyl sites for hydroxylation is 1. The third-order valence-corrected chi connectivity index (χ3v) is 3.13. The number of nitrogens with one attached hydrogen (secondary N) is 1. The molecule has 1 aromatic rings. The van der Waals surface area contributed by atoms with Crippen molar-refractivity contribution in [3.8, 4) is 0 Å². The van der Waals surface area contributed by atoms with Gasteiger partial charge in [-0.15, -0.1) is 0 Å². The summed E-state index contributed by atoms with van der Waals surface area (Å²) < 4.78 is 10.3. The highest BCUT2D eigenvalue weighted by atomic mass is 16.5. The van der Waals surface area contributed by atoms with Crippen molar-refractivity contribution in [1.82, 2.24) is 15.5 Å². The minimum Gasteiger partial charge on any atom is -0.385 e. The van der Waals surface area contributed by atoms with E-state index in [1.54, 1.807) is 7.11 Å². The quantitative estimate of drug-likeness (QED) is 0.733. The van der Waals surface area contributed by atoms with E-state index in [0.717, 1.165) is 38.2 Å². The first-order chi connectivity index (χ1) is 8.97. The van der Waals surface area contributed by atoms with Crippen LogP contribution in [-0.4, -0.2) is 36.4 Å². The molecule has 0 spiro atoms. The van der Waals surface area contributed by atoms with E-state index >= 15 is 0 Å². The highest BCUT2D eigenvalue weighted by Crippen LogP contribution is 2.22. The van der Waals surface area contributed by atoms with Gasteiger partial charge >= 0.3 is 0 Å². The van der Waals surface area contributed by atoms with Gasteiger partial charge in [0.15, 0.2) is 5.82 Å². The monoisotopic (exact) mass is 269 g/mol. The average molecular weight is 269 g/mol. The third kappa shape index (κ3) is 5.70. The second-order valence-electron chi connectivity index (χ2n) is 5.88. The van der Waals surface area contributed by atoms with Crippen molar-refractivity contribution in [2.24, 2.45) is 5.41 Å². The van der Waals surface area contributed by atoms with E-state index < -0.39 is 0 Å². The van der Waals surface area contributed by atoms with Gasteiger partial charge in [0.05, 0.1) is 0 Å². The number of nitrogens with zero attached hydrogens (tertiary/aromatic N) is 2. The first-order valence-corrected chi connectivity index (χ1v) is 7.01. The van der Waals surface area contributed by atoms with E-state index in [1.807, 2.05) is 0 Å². The van der Waals surface area contributed by atoms with Gasteiger partial charge in [-0.1, -0.05) is 32.9 Å². The van der Waals surface area contributed by atoms with Crippen LogP contribution in [-0.2, 0) is 17.6 Å². The fraction of sp³-hybridized carbons (Fsp3) is 0.857. The van der Waals surface area contributed by atoms with Gasteiger partial charge < -0.3 is 14.6 Å². The van der Waals surface area contributed by atoms with Crippen molar-refractivity contribution < 1.29 is 9.26 Å². The molecule has 0 saturated heterocycles. The molecular weight excluding hydrogens is 242 g/mol. The van der Waals surface area contributed by atoms with Gasteiger partial charge in [0.25, 0.3) is 0 Å². The van der Waals surface area contributed by atoms with Crippen LogP contribution in [0.15, 0.2) is 4.52 Å². The van der Waals surface area contributed by atoms with Crippen molar-refractivity contribution in [2.45, 2.75) is 53.0 Å². The van der Waals surface area contributed by atoms with E-state index in [9.17, 15) is 0 Å². The van der Waals surface area contributed by atoms with Crippen LogP contribution in [0.3, 0.4) is 0 Å². The van der Waals surface area contributed by atoms with Crippen LogP contribution in [0.25, 0.3) is 0 Å². The summed E-state index contributed by atoms with van der Waals surface area (Å²) in [6.45, 7) is 10.4. The topological polar surface area (TPSA) is 60.2 Å². The largest absolute Gasteiger partial charge is 0.385 e. The van der Waals surface area contributed by atoms with Gasteiger partial charge in [-0.2, -0.15) is 4.98 Å². The molecule has 0 radical (unpaired) electrons. The van der Waals surface area contributed by atoms with Gasteiger partial charge in [-0.25, -0.2) is 0 Å². The Labute approximate surface area is 116 Å². The van der Waals surface area contributed by atoms with Crippen molar-refractivity contribution in [2.75, 3.05) is 20.3 Å². The summed E-state index contributed by atoms with van der Waals surface area (Å²) >= 11 is 0. The molecule has 1 heterocycles. The second-order valence-corrected chi connectivity index (χ2v) is 5.88. The normalized spacial score (nSPS) is 13.7. The average Bonchev–Trinajstić information content (AvgIpc) is 2.76. The smallest absolute Gasteiger partial charge is 0.228 e. The molecule has 0 aromatic carbocycles. The van der Waals surface area contributed by atoms with Gasteiger partial charge in [-0.05, 0) is 18.4 Å².